The van der Waals surface area contributed by atoms with E-state index in [9.17, 15) is 4.79 Å². The highest BCUT2D eigenvalue weighted by Crippen LogP contribution is 2.19. The van der Waals surface area contributed by atoms with Gasteiger partial charge in [0.2, 0.25) is 5.91 Å². The fourth-order valence-corrected chi connectivity index (χ4v) is 2.58. The third kappa shape index (κ3) is 4.82. The van der Waals surface area contributed by atoms with Crippen molar-refractivity contribution in [1.29, 1.82) is 0 Å². The molecule has 0 saturated carbocycles. The monoisotopic (exact) mass is 326 g/mol. The summed E-state index contributed by atoms with van der Waals surface area (Å²) in [5.41, 5.74) is 0. The molecule has 1 atom stereocenters. The standard InChI is InChI=1S/C10H15BrN2OS.ClH/c1-7(10(14)13(2)3)12-5-9-4-8(11)6-15-9;/h4,6-7,12H,5H2,1-3H3;1H/t7-;/m1./s1. The first-order chi connectivity index (χ1) is 7.00. The Labute approximate surface area is 115 Å². The van der Waals surface area contributed by atoms with E-state index in [0.29, 0.717) is 0 Å². The summed E-state index contributed by atoms with van der Waals surface area (Å²) in [6.07, 6.45) is 0. The maximum absolute atomic E-state index is 11.5. The highest BCUT2D eigenvalue weighted by Gasteiger charge is 2.13. The number of halogens is 2. The molecule has 0 aliphatic rings. The van der Waals surface area contributed by atoms with E-state index in [0.717, 1.165) is 11.0 Å². The average molecular weight is 328 g/mol. The van der Waals surface area contributed by atoms with E-state index in [1.54, 1.807) is 30.3 Å². The van der Waals surface area contributed by atoms with Crippen molar-refractivity contribution in [3.63, 3.8) is 0 Å². The van der Waals surface area contributed by atoms with Crippen molar-refractivity contribution in [2.24, 2.45) is 0 Å². The summed E-state index contributed by atoms with van der Waals surface area (Å²) in [6, 6.07) is 1.92. The number of nitrogens with one attached hydrogen (secondary N) is 1. The molecular weight excluding hydrogens is 312 g/mol. The minimum atomic E-state index is -0.138. The van der Waals surface area contributed by atoms with Crippen LogP contribution in [0.2, 0.25) is 0 Å². The molecule has 1 amide bonds. The van der Waals surface area contributed by atoms with Crippen LogP contribution in [-0.4, -0.2) is 30.9 Å². The molecule has 0 spiro atoms. The van der Waals surface area contributed by atoms with Crippen LogP contribution in [0.4, 0.5) is 0 Å². The van der Waals surface area contributed by atoms with Gasteiger partial charge in [0.15, 0.2) is 0 Å². The van der Waals surface area contributed by atoms with Gasteiger partial charge in [-0.2, -0.15) is 0 Å². The molecule has 0 unspecified atom stereocenters. The van der Waals surface area contributed by atoms with E-state index in [1.165, 1.54) is 4.88 Å². The molecule has 0 aliphatic heterocycles. The molecule has 92 valence electrons. The Morgan fingerprint density at radius 2 is 2.25 bits per heavy atom. The zero-order valence-electron chi connectivity index (χ0n) is 9.49. The Kier molecular flexibility index (Phi) is 7.22. The third-order valence-corrected chi connectivity index (χ3v) is 3.71. The Balaban J connectivity index is 0.00000225. The fourth-order valence-electron chi connectivity index (χ4n) is 1.17. The van der Waals surface area contributed by atoms with Crippen molar-refractivity contribution in [2.75, 3.05) is 14.1 Å². The van der Waals surface area contributed by atoms with Crippen LogP contribution in [0.25, 0.3) is 0 Å². The first kappa shape index (κ1) is 15.9. The van der Waals surface area contributed by atoms with Crippen molar-refractivity contribution in [1.82, 2.24) is 10.2 Å². The second-order valence-corrected chi connectivity index (χ2v) is 5.48. The number of hydrogen-bond donors (Lipinski definition) is 1. The zero-order chi connectivity index (χ0) is 11.4. The van der Waals surface area contributed by atoms with E-state index in [-0.39, 0.29) is 24.4 Å². The van der Waals surface area contributed by atoms with Gasteiger partial charge in [0.25, 0.3) is 0 Å². The first-order valence-electron chi connectivity index (χ1n) is 4.68. The quantitative estimate of drug-likeness (QED) is 0.921. The summed E-state index contributed by atoms with van der Waals surface area (Å²) >= 11 is 5.08. The molecule has 1 heterocycles. The largest absolute Gasteiger partial charge is 0.347 e. The molecule has 16 heavy (non-hydrogen) atoms. The molecular formula is C10H16BrClN2OS. The molecule has 0 aromatic carbocycles. The van der Waals surface area contributed by atoms with Crippen LogP contribution in [0.3, 0.4) is 0 Å². The molecule has 0 radical (unpaired) electrons. The number of nitrogens with zero attached hydrogens (tertiary/aromatic N) is 1. The van der Waals surface area contributed by atoms with Crippen LogP contribution >= 0.6 is 39.7 Å². The lowest BCUT2D eigenvalue weighted by Gasteiger charge is -2.17. The number of likely N-dealkylation sites (N-methyl/N-ethyl adjacent to an activating group) is 1. The van der Waals surface area contributed by atoms with Gasteiger partial charge >= 0.3 is 0 Å². The minimum absolute atomic E-state index is 0. The molecule has 1 aromatic rings. The maximum Gasteiger partial charge on any atom is 0.238 e. The summed E-state index contributed by atoms with van der Waals surface area (Å²) in [5, 5.41) is 5.23. The number of hydrogen-bond acceptors (Lipinski definition) is 3. The van der Waals surface area contributed by atoms with Crippen molar-refractivity contribution in [2.45, 2.75) is 19.5 Å². The van der Waals surface area contributed by atoms with Crippen LogP contribution in [-0.2, 0) is 11.3 Å². The summed E-state index contributed by atoms with van der Waals surface area (Å²) in [6.45, 7) is 2.61. The molecule has 0 fully saturated rings. The van der Waals surface area contributed by atoms with Gasteiger partial charge in [0.1, 0.15) is 0 Å². The predicted octanol–water partition coefficient (Wildman–Crippen LogP) is 2.50. The second kappa shape index (κ2) is 7.27. The van der Waals surface area contributed by atoms with E-state index >= 15 is 0 Å². The predicted molar refractivity (Wildman–Crippen MR) is 74.3 cm³/mol. The highest BCUT2D eigenvalue weighted by molar-refractivity contribution is 9.10. The van der Waals surface area contributed by atoms with Gasteiger partial charge in [0, 0.05) is 35.4 Å². The lowest BCUT2D eigenvalue weighted by Crippen LogP contribution is -2.40. The van der Waals surface area contributed by atoms with Crippen molar-refractivity contribution < 1.29 is 4.79 Å². The van der Waals surface area contributed by atoms with Gasteiger partial charge in [-0.1, -0.05) is 0 Å². The Morgan fingerprint density at radius 3 is 2.69 bits per heavy atom. The van der Waals surface area contributed by atoms with E-state index in [4.69, 9.17) is 0 Å². The van der Waals surface area contributed by atoms with Crippen LogP contribution in [0.15, 0.2) is 15.9 Å². The summed E-state index contributed by atoms with van der Waals surface area (Å²) in [5.74, 6) is 0.102. The van der Waals surface area contributed by atoms with Crippen LogP contribution in [0, 0.1) is 0 Å². The maximum atomic E-state index is 11.5. The summed E-state index contributed by atoms with van der Waals surface area (Å²) < 4.78 is 1.09. The van der Waals surface area contributed by atoms with Crippen molar-refractivity contribution >= 4 is 45.6 Å². The lowest BCUT2D eigenvalue weighted by atomic mass is 10.3. The highest BCUT2D eigenvalue weighted by atomic mass is 79.9. The van der Waals surface area contributed by atoms with Crippen molar-refractivity contribution in [3.8, 4) is 0 Å². The van der Waals surface area contributed by atoms with Gasteiger partial charge in [-0.15, -0.1) is 23.7 Å². The van der Waals surface area contributed by atoms with Gasteiger partial charge in [-0.3, -0.25) is 4.79 Å². The molecule has 0 aliphatic carbocycles. The molecule has 1 N–H and O–H groups in total. The van der Waals surface area contributed by atoms with Gasteiger partial charge in [0.05, 0.1) is 6.04 Å². The van der Waals surface area contributed by atoms with Gasteiger partial charge < -0.3 is 10.2 Å². The molecule has 0 bridgehead atoms. The molecule has 0 saturated heterocycles. The van der Waals surface area contributed by atoms with Crippen molar-refractivity contribution in [3.05, 3.63) is 20.8 Å². The Hall–Kier alpha value is -0.100. The molecule has 1 aromatic heterocycles. The SMILES string of the molecule is C[C@@H](NCc1cc(Br)cs1)C(=O)N(C)C.Cl. The van der Waals surface area contributed by atoms with E-state index < -0.39 is 0 Å². The lowest BCUT2D eigenvalue weighted by molar-refractivity contribution is -0.130. The number of thiophene rings is 1. The molecule has 3 nitrogen and oxygen atoms in total. The number of carbonyl (C=O) groups is 1. The Bertz CT molecular complexity index is 343. The smallest absolute Gasteiger partial charge is 0.238 e. The number of carbonyl (C=O) groups excluding carboxylic acids is 1. The van der Waals surface area contributed by atoms with Gasteiger partial charge in [-0.25, -0.2) is 0 Å². The number of rotatable bonds is 4. The van der Waals surface area contributed by atoms with E-state index in [2.05, 4.69) is 27.3 Å². The second-order valence-electron chi connectivity index (χ2n) is 3.57. The van der Waals surface area contributed by atoms with E-state index in [1.807, 2.05) is 12.3 Å². The number of amides is 1. The topological polar surface area (TPSA) is 32.3 Å². The first-order valence-corrected chi connectivity index (χ1v) is 6.35. The van der Waals surface area contributed by atoms with Gasteiger partial charge in [-0.05, 0) is 28.9 Å². The molecule has 6 heteroatoms. The Morgan fingerprint density at radius 1 is 1.62 bits per heavy atom. The fraction of sp³-hybridized carbons (Fsp3) is 0.500. The minimum Gasteiger partial charge on any atom is -0.347 e. The van der Waals surface area contributed by atoms with Crippen LogP contribution in [0.5, 0.6) is 0 Å². The molecule has 1 rings (SSSR count). The summed E-state index contributed by atoms with van der Waals surface area (Å²) in [7, 11) is 3.53. The average Bonchev–Trinajstić information content (AvgIpc) is 2.59. The normalized spacial score (nSPS) is 11.8. The van der Waals surface area contributed by atoms with Crippen LogP contribution < -0.4 is 5.32 Å². The third-order valence-electron chi connectivity index (χ3n) is 2.02. The summed E-state index contributed by atoms with van der Waals surface area (Å²) in [4.78, 5) is 14.3. The zero-order valence-corrected chi connectivity index (χ0v) is 12.7. The van der Waals surface area contributed by atoms with Crippen LogP contribution in [0.1, 0.15) is 11.8 Å².